The van der Waals surface area contributed by atoms with Gasteiger partial charge in [-0.3, -0.25) is 4.79 Å². The van der Waals surface area contributed by atoms with Gasteiger partial charge in [0.2, 0.25) is 0 Å². The van der Waals surface area contributed by atoms with Crippen molar-refractivity contribution in [3.63, 3.8) is 0 Å². The van der Waals surface area contributed by atoms with Gasteiger partial charge in [-0.15, -0.1) is 0 Å². The third kappa shape index (κ3) is 2.42. The topological polar surface area (TPSA) is 37.3 Å². The molecule has 0 amide bonds. The molecule has 0 saturated carbocycles. The van der Waals surface area contributed by atoms with E-state index in [-0.39, 0.29) is 23.4 Å². The number of rotatable bonds is 4. The molecule has 2 nitrogen and oxygen atoms in total. The minimum Gasteiger partial charge on any atom is -0.382 e. The van der Waals surface area contributed by atoms with E-state index in [4.69, 9.17) is 11.6 Å². The van der Waals surface area contributed by atoms with Gasteiger partial charge in [-0.05, 0) is 31.0 Å². The molecule has 1 aromatic carbocycles. The van der Waals surface area contributed by atoms with Gasteiger partial charge in [-0.2, -0.15) is 0 Å². The SMILES string of the molecule is CCC(O)(CC)C(=O)c1cc(F)ccc1Cl. The van der Waals surface area contributed by atoms with Gasteiger partial charge in [0.15, 0.2) is 5.78 Å². The van der Waals surface area contributed by atoms with E-state index in [1.54, 1.807) is 13.8 Å². The van der Waals surface area contributed by atoms with Crippen molar-refractivity contribution in [2.75, 3.05) is 0 Å². The zero-order valence-electron chi connectivity index (χ0n) is 9.26. The highest BCUT2D eigenvalue weighted by molar-refractivity contribution is 6.34. The van der Waals surface area contributed by atoms with Crippen LogP contribution in [0.3, 0.4) is 0 Å². The smallest absolute Gasteiger partial charge is 0.195 e. The summed E-state index contributed by atoms with van der Waals surface area (Å²) in [6.07, 6.45) is 0.546. The molecule has 0 atom stereocenters. The Labute approximate surface area is 99.0 Å². The predicted molar refractivity (Wildman–Crippen MR) is 61.3 cm³/mol. The van der Waals surface area contributed by atoms with E-state index >= 15 is 0 Å². The van der Waals surface area contributed by atoms with Gasteiger partial charge in [0.05, 0.1) is 5.02 Å². The summed E-state index contributed by atoms with van der Waals surface area (Å²) in [5.41, 5.74) is -1.43. The van der Waals surface area contributed by atoms with E-state index in [1.165, 1.54) is 12.1 Å². The van der Waals surface area contributed by atoms with Crippen LogP contribution in [-0.2, 0) is 0 Å². The lowest BCUT2D eigenvalue weighted by Crippen LogP contribution is -2.37. The zero-order valence-corrected chi connectivity index (χ0v) is 10.0. The van der Waals surface area contributed by atoms with Crippen molar-refractivity contribution in [1.29, 1.82) is 0 Å². The number of hydrogen-bond donors (Lipinski definition) is 1. The lowest BCUT2D eigenvalue weighted by atomic mass is 9.88. The van der Waals surface area contributed by atoms with E-state index in [0.29, 0.717) is 0 Å². The highest BCUT2D eigenvalue weighted by atomic mass is 35.5. The van der Waals surface area contributed by atoms with Gasteiger partial charge >= 0.3 is 0 Å². The van der Waals surface area contributed by atoms with Crippen LogP contribution in [0.5, 0.6) is 0 Å². The van der Waals surface area contributed by atoms with Crippen LogP contribution >= 0.6 is 11.6 Å². The third-order valence-electron chi connectivity index (χ3n) is 2.77. The van der Waals surface area contributed by atoms with E-state index in [0.717, 1.165) is 6.07 Å². The van der Waals surface area contributed by atoms with Crippen LogP contribution in [-0.4, -0.2) is 16.5 Å². The van der Waals surface area contributed by atoms with Gasteiger partial charge in [-0.1, -0.05) is 25.4 Å². The molecule has 1 N–H and O–H groups in total. The summed E-state index contributed by atoms with van der Waals surface area (Å²) in [6.45, 7) is 3.41. The number of carbonyl (C=O) groups is 1. The molecule has 88 valence electrons. The summed E-state index contributed by atoms with van der Waals surface area (Å²) in [5.74, 6) is -1.07. The highest BCUT2D eigenvalue weighted by Crippen LogP contribution is 2.26. The molecular formula is C12H14ClFO2. The van der Waals surface area contributed by atoms with Gasteiger partial charge in [0, 0.05) is 5.56 Å². The Morgan fingerprint density at radius 3 is 2.50 bits per heavy atom. The first kappa shape index (κ1) is 13.1. The number of halogens is 2. The van der Waals surface area contributed by atoms with Gasteiger partial charge in [0.25, 0.3) is 0 Å². The van der Waals surface area contributed by atoms with Gasteiger partial charge in [0.1, 0.15) is 11.4 Å². The number of Topliss-reactive ketones (excluding diaryl/α,β-unsaturated/α-hetero) is 1. The molecule has 0 spiro atoms. The summed E-state index contributed by atoms with van der Waals surface area (Å²) < 4.78 is 13.0. The molecule has 0 bridgehead atoms. The summed E-state index contributed by atoms with van der Waals surface area (Å²) in [5, 5.41) is 10.2. The number of aliphatic hydroxyl groups is 1. The lowest BCUT2D eigenvalue weighted by molar-refractivity contribution is 0.0277. The fourth-order valence-corrected chi connectivity index (χ4v) is 1.70. The minimum atomic E-state index is -1.46. The summed E-state index contributed by atoms with van der Waals surface area (Å²) in [4.78, 5) is 12.0. The number of hydrogen-bond acceptors (Lipinski definition) is 2. The highest BCUT2D eigenvalue weighted by Gasteiger charge is 2.33. The second-order valence-electron chi connectivity index (χ2n) is 3.69. The largest absolute Gasteiger partial charge is 0.382 e. The molecule has 0 unspecified atom stereocenters. The van der Waals surface area contributed by atoms with Crippen molar-refractivity contribution in [2.24, 2.45) is 0 Å². The second-order valence-corrected chi connectivity index (χ2v) is 4.10. The van der Waals surface area contributed by atoms with E-state index in [9.17, 15) is 14.3 Å². The molecule has 0 aliphatic heterocycles. The molecule has 0 aliphatic carbocycles. The van der Waals surface area contributed by atoms with Gasteiger partial charge < -0.3 is 5.11 Å². The summed E-state index contributed by atoms with van der Waals surface area (Å²) in [7, 11) is 0. The number of ketones is 1. The fraction of sp³-hybridized carbons (Fsp3) is 0.417. The maximum absolute atomic E-state index is 13.0. The zero-order chi connectivity index (χ0) is 12.3. The van der Waals surface area contributed by atoms with E-state index in [1.807, 2.05) is 0 Å². The molecule has 0 radical (unpaired) electrons. The Bertz CT molecular complexity index is 400. The van der Waals surface area contributed by atoms with Crippen LogP contribution < -0.4 is 0 Å². The standard InChI is InChI=1S/C12H14ClFO2/c1-3-12(16,4-2)11(15)9-7-8(14)5-6-10(9)13/h5-7,16H,3-4H2,1-2H3. The van der Waals surface area contributed by atoms with Crippen molar-refractivity contribution >= 4 is 17.4 Å². The second kappa shape index (κ2) is 4.93. The van der Waals surface area contributed by atoms with E-state index in [2.05, 4.69) is 0 Å². The van der Waals surface area contributed by atoms with Gasteiger partial charge in [-0.25, -0.2) is 4.39 Å². The van der Waals surface area contributed by atoms with Crippen molar-refractivity contribution in [3.8, 4) is 0 Å². The fourth-order valence-electron chi connectivity index (χ4n) is 1.49. The third-order valence-corrected chi connectivity index (χ3v) is 3.10. The molecule has 0 aliphatic rings. The molecule has 4 heteroatoms. The Kier molecular flexibility index (Phi) is 4.05. The molecule has 0 aromatic heterocycles. The van der Waals surface area contributed by atoms with Crippen molar-refractivity contribution in [1.82, 2.24) is 0 Å². The van der Waals surface area contributed by atoms with Crippen molar-refractivity contribution in [3.05, 3.63) is 34.6 Å². The summed E-state index contributed by atoms with van der Waals surface area (Å²) >= 11 is 5.81. The predicted octanol–water partition coefficient (Wildman–Crippen LogP) is 3.21. The molecule has 0 saturated heterocycles. The van der Waals surface area contributed by atoms with Crippen LogP contribution in [0.15, 0.2) is 18.2 Å². The Morgan fingerprint density at radius 2 is 2.00 bits per heavy atom. The molecular weight excluding hydrogens is 231 g/mol. The average Bonchev–Trinajstić information content (AvgIpc) is 2.30. The van der Waals surface area contributed by atoms with Crippen LogP contribution in [0.4, 0.5) is 4.39 Å². The first-order valence-corrected chi connectivity index (χ1v) is 5.54. The van der Waals surface area contributed by atoms with Crippen LogP contribution in [0.25, 0.3) is 0 Å². The van der Waals surface area contributed by atoms with Crippen LogP contribution in [0.2, 0.25) is 5.02 Å². The number of benzene rings is 1. The van der Waals surface area contributed by atoms with Crippen molar-refractivity contribution in [2.45, 2.75) is 32.3 Å². The first-order chi connectivity index (χ1) is 7.44. The Hall–Kier alpha value is -0.930. The Balaban J connectivity index is 3.18. The van der Waals surface area contributed by atoms with Crippen LogP contribution in [0.1, 0.15) is 37.0 Å². The summed E-state index contributed by atoms with van der Waals surface area (Å²) in [6, 6.07) is 3.55. The molecule has 1 rings (SSSR count). The molecule has 1 aromatic rings. The lowest BCUT2D eigenvalue weighted by Gasteiger charge is -2.23. The maximum Gasteiger partial charge on any atom is 0.195 e. The molecule has 16 heavy (non-hydrogen) atoms. The minimum absolute atomic E-state index is 0.0351. The van der Waals surface area contributed by atoms with Crippen LogP contribution in [0, 0.1) is 5.82 Å². The quantitative estimate of drug-likeness (QED) is 0.826. The Morgan fingerprint density at radius 1 is 1.44 bits per heavy atom. The van der Waals surface area contributed by atoms with E-state index < -0.39 is 17.2 Å². The average molecular weight is 245 g/mol. The first-order valence-electron chi connectivity index (χ1n) is 5.17. The maximum atomic E-state index is 13.0. The molecule has 0 heterocycles. The number of carbonyl (C=O) groups excluding carboxylic acids is 1. The van der Waals surface area contributed by atoms with Crippen molar-refractivity contribution < 1.29 is 14.3 Å². The normalized spacial score (nSPS) is 11.6. The molecule has 0 fully saturated rings. The monoisotopic (exact) mass is 244 g/mol.